The molecule has 0 radical (unpaired) electrons. The molecule has 1 N–H and O–H groups in total. The summed E-state index contributed by atoms with van der Waals surface area (Å²) in [5.74, 6) is -3.06. The Balaban J connectivity index is 1.46. The summed E-state index contributed by atoms with van der Waals surface area (Å²) in [6.45, 7) is 4.60. The summed E-state index contributed by atoms with van der Waals surface area (Å²) in [5.41, 5.74) is 2.63. The summed E-state index contributed by atoms with van der Waals surface area (Å²) in [4.78, 5) is 49.1. The summed E-state index contributed by atoms with van der Waals surface area (Å²) < 4.78 is 59.8. The maximum absolute atomic E-state index is 12.7. The number of benzene rings is 3. The molecule has 2 saturated heterocycles. The molecule has 0 aromatic heterocycles. The molecule has 0 saturated carbocycles. The highest BCUT2D eigenvalue weighted by Gasteiger charge is 2.54. The van der Waals surface area contributed by atoms with Crippen LogP contribution in [0.4, 0.5) is 0 Å². The maximum Gasteiger partial charge on any atom is 0.303 e. The highest BCUT2D eigenvalue weighted by molar-refractivity contribution is 5.68. The van der Waals surface area contributed by atoms with Gasteiger partial charge in [0.25, 0.3) is 0 Å². The van der Waals surface area contributed by atoms with Gasteiger partial charge in [-0.25, -0.2) is 0 Å². The Hall–Kier alpha value is -4.74. The summed E-state index contributed by atoms with van der Waals surface area (Å²) >= 11 is 0. The van der Waals surface area contributed by atoms with Crippen LogP contribution >= 0.6 is 0 Å². The van der Waals surface area contributed by atoms with E-state index in [-0.39, 0.29) is 26.4 Å². The van der Waals surface area contributed by atoms with Crippen LogP contribution in [0.3, 0.4) is 0 Å². The van der Waals surface area contributed by atoms with E-state index in [0.29, 0.717) is 0 Å². The fourth-order valence-corrected chi connectivity index (χ4v) is 6.45. The molecule has 15 heteroatoms. The van der Waals surface area contributed by atoms with Crippen LogP contribution < -0.4 is 0 Å². The smallest absolute Gasteiger partial charge is 0.303 e. The zero-order chi connectivity index (χ0) is 40.0. The van der Waals surface area contributed by atoms with Crippen molar-refractivity contribution in [2.24, 2.45) is 0 Å². The molecule has 3 aromatic rings. The molecule has 0 spiro atoms. The average Bonchev–Trinajstić information content (AvgIpc) is 3.16. The molecule has 0 unspecified atom stereocenters. The first-order valence-electron chi connectivity index (χ1n) is 18.2. The van der Waals surface area contributed by atoms with Crippen LogP contribution in [-0.4, -0.2) is 104 Å². The lowest BCUT2D eigenvalue weighted by atomic mass is 9.97. The third-order valence-corrected chi connectivity index (χ3v) is 8.80. The zero-order valence-corrected chi connectivity index (χ0v) is 31.6. The summed E-state index contributed by atoms with van der Waals surface area (Å²) in [5, 5.41) is 10.9. The number of hydrogen-bond donors (Lipinski definition) is 1. The second-order valence-electron chi connectivity index (χ2n) is 13.3. The van der Waals surface area contributed by atoms with Gasteiger partial charge in [0.1, 0.15) is 24.4 Å². The molecule has 2 heterocycles. The molecule has 15 nitrogen and oxygen atoms in total. The molecule has 2 aliphatic heterocycles. The minimum absolute atomic E-state index is 0.000491. The van der Waals surface area contributed by atoms with Crippen molar-refractivity contribution in [3.8, 4) is 0 Å². The Morgan fingerprint density at radius 1 is 0.482 bits per heavy atom. The summed E-state index contributed by atoms with van der Waals surface area (Å²) in [7, 11) is 0. The van der Waals surface area contributed by atoms with Crippen molar-refractivity contribution in [3.05, 3.63) is 108 Å². The summed E-state index contributed by atoms with van der Waals surface area (Å²) in [6.07, 6.45) is -12.9. The molecule has 0 aliphatic carbocycles. The van der Waals surface area contributed by atoms with Gasteiger partial charge in [-0.15, -0.1) is 0 Å². The van der Waals surface area contributed by atoms with Crippen LogP contribution in [0.25, 0.3) is 0 Å². The summed E-state index contributed by atoms with van der Waals surface area (Å²) in [6, 6.07) is 28.4. The van der Waals surface area contributed by atoms with E-state index in [1.165, 1.54) is 6.92 Å². The molecule has 0 bridgehead atoms. The zero-order valence-electron chi connectivity index (χ0n) is 31.6. The predicted molar refractivity (Wildman–Crippen MR) is 194 cm³/mol. The van der Waals surface area contributed by atoms with E-state index in [1.807, 2.05) is 91.0 Å². The standard InChI is InChI=1S/C41H48O15/c1-25(42)51-35-33(55-40(46)38(53-27(3)44)37(35)52-26(2)43)24-50-41-39(54-28(4)45)36(49-22-31-18-12-7-13-19-31)34(48-21-30-16-10-6-11-17-30)32(56-41)23-47-20-29-14-8-5-9-15-29/h5-19,32-41,46H,20-24H2,1-4H3/t32-,33-,34-,35-,36+,37+,38+,39+,40+,41+/m1/s1. The number of aliphatic hydroxyl groups excluding tert-OH is 1. The lowest BCUT2D eigenvalue weighted by molar-refractivity contribution is -0.337. The van der Waals surface area contributed by atoms with E-state index >= 15 is 0 Å². The average molecular weight is 781 g/mol. The lowest BCUT2D eigenvalue weighted by Gasteiger charge is -2.46. The highest BCUT2D eigenvalue weighted by Crippen LogP contribution is 2.33. The van der Waals surface area contributed by atoms with Crippen molar-refractivity contribution < 1.29 is 71.7 Å². The van der Waals surface area contributed by atoms with Crippen LogP contribution in [0.1, 0.15) is 44.4 Å². The molecule has 2 aliphatic rings. The van der Waals surface area contributed by atoms with E-state index < -0.39 is 91.9 Å². The fraction of sp³-hybridized carbons (Fsp3) is 0.463. The number of carbonyl (C=O) groups is 4. The first kappa shape index (κ1) is 42.4. The largest absolute Gasteiger partial charge is 0.456 e. The van der Waals surface area contributed by atoms with E-state index in [4.69, 9.17) is 47.4 Å². The molecule has 5 rings (SSSR count). The molecule has 56 heavy (non-hydrogen) atoms. The van der Waals surface area contributed by atoms with Crippen LogP contribution in [-0.2, 0) is 86.4 Å². The Bertz CT molecular complexity index is 1690. The molecule has 2 fully saturated rings. The minimum atomic E-state index is -1.82. The van der Waals surface area contributed by atoms with Gasteiger partial charge in [-0.2, -0.15) is 0 Å². The lowest BCUT2D eigenvalue weighted by Crippen LogP contribution is -2.64. The predicted octanol–water partition coefficient (Wildman–Crippen LogP) is 3.56. The fourth-order valence-electron chi connectivity index (χ4n) is 6.45. The minimum Gasteiger partial charge on any atom is -0.456 e. The van der Waals surface area contributed by atoms with Gasteiger partial charge in [-0.05, 0) is 16.7 Å². The third kappa shape index (κ3) is 12.4. The third-order valence-electron chi connectivity index (χ3n) is 8.80. The topological polar surface area (TPSA) is 181 Å². The quantitative estimate of drug-likeness (QED) is 0.155. The number of aliphatic hydroxyl groups is 1. The van der Waals surface area contributed by atoms with E-state index in [1.54, 1.807) is 0 Å². The van der Waals surface area contributed by atoms with E-state index in [9.17, 15) is 24.3 Å². The van der Waals surface area contributed by atoms with Gasteiger partial charge in [0.15, 0.2) is 37.0 Å². The van der Waals surface area contributed by atoms with Crippen molar-refractivity contribution >= 4 is 23.9 Å². The van der Waals surface area contributed by atoms with E-state index in [2.05, 4.69) is 0 Å². The Morgan fingerprint density at radius 2 is 0.911 bits per heavy atom. The SMILES string of the molecule is CC(=O)O[C@@H]1[C@H](OC(C)=O)[C@@H](O)O[C@H](CO[C@H]2O[C@H](COCc3ccccc3)[C@@H](OCc3ccccc3)[C@H](OCc3ccccc3)[C@@H]2OC(C)=O)[C@H]1OC(C)=O. The first-order chi connectivity index (χ1) is 27.0. The van der Waals surface area contributed by atoms with Gasteiger partial charge in [-0.3, -0.25) is 19.2 Å². The first-order valence-corrected chi connectivity index (χ1v) is 18.2. The van der Waals surface area contributed by atoms with Crippen molar-refractivity contribution in [2.45, 2.75) is 109 Å². The van der Waals surface area contributed by atoms with Crippen molar-refractivity contribution in [3.63, 3.8) is 0 Å². The van der Waals surface area contributed by atoms with Gasteiger partial charge in [0.05, 0.1) is 33.0 Å². The van der Waals surface area contributed by atoms with Gasteiger partial charge in [0.2, 0.25) is 0 Å². The van der Waals surface area contributed by atoms with Gasteiger partial charge < -0.3 is 52.5 Å². The second-order valence-corrected chi connectivity index (χ2v) is 13.3. The highest BCUT2D eigenvalue weighted by atomic mass is 16.7. The van der Waals surface area contributed by atoms with Crippen molar-refractivity contribution in [1.29, 1.82) is 0 Å². The maximum atomic E-state index is 12.7. The molecule has 3 aromatic carbocycles. The number of carbonyl (C=O) groups excluding carboxylic acids is 4. The van der Waals surface area contributed by atoms with Crippen LogP contribution in [0.2, 0.25) is 0 Å². The van der Waals surface area contributed by atoms with Crippen LogP contribution in [0.5, 0.6) is 0 Å². The number of hydrogen-bond acceptors (Lipinski definition) is 15. The van der Waals surface area contributed by atoms with Gasteiger partial charge >= 0.3 is 23.9 Å². The molecule has 0 amide bonds. The Labute approximate surface area is 325 Å². The van der Waals surface area contributed by atoms with E-state index in [0.717, 1.165) is 37.5 Å². The normalized spacial score (nSPS) is 27.4. The van der Waals surface area contributed by atoms with Crippen LogP contribution in [0.15, 0.2) is 91.0 Å². The van der Waals surface area contributed by atoms with Gasteiger partial charge in [-0.1, -0.05) is 91.0 Å². The number of esters is 4. The Kier molecular flexibility index (Phi) is 15.9. The number of rotatable bonds is 17. The van der Waals surface area contributed by atoms with Crippen molar-refractivity contribution in [2.75, 3.05) is 13.2 Å². The molecule has 302 valence electrons. The molecular weight excluding hydrogens is 732 g/mol. The second kappa shape index (κ2) is 21.0. The Morgan fingerprint density at radius 3 is 1.43 bits per heavy atom. The monoisotopic (exact) mass is 780 g/mol. The van der Waals surface area contributed by atoms with Crippen molar-refractivity contribution in [1.82, 2.24) is 0 Å². The van der Waals surface area contributed by atoms with Crippen LogP contribution in [0, 0.1) is 0 Å². The molecule has 10 atom stereocenters. The number of ether oxygens (including phenoxy) is 10. The molecular formula is C41H48O15. The van der Waals surface area contributed by atoms with Gasteiger partial charge in [0, 0.05) is 27.7 Å².